The highest BCUT2D eigenvalue weighted by Gasteiger charge is 2.07. The van der Waals surface area contributed by atoms with Crippen LogP contribution in [0.25, 0.3) is 0 Å². The smallest absolute Gasteiger partial charge is 0.305 e. The molecule has 1 unspecified atom stereocenters. The zero-order valence-electron chi connectivity index (χ0n) is 25.0. The van der Waals surface area contributed by atoms with Crippen LogP contribution in [-0.4, -0.2) is 81.2 Å². The molecule has 9 heteroatoms. The van der Waals surface area contributed by atoms with E-state index in [4.69, 9.17) is 35.4 Å². The van der Waals surface area contributed by atoms with Crippen molar-refractivity contribution in [2.75, 3.05) is 26.4 Å². The van der Waals surface area contributed by atoms with Gasteiger partial charge in [0.15, 0.2) is 0 Å². The topological polar surface area (TPSA) is 165 Å². The van der Waals surface area contributed by atoms with Gasteiger partial charge in [0.2, 0.25) is 0 Å². The summed E-state index contributed by atoms with van der Waals surface area (Å²) < 4.78 is 4.82. The summed E-state index contributed by atoms with van der Waals surface area (Å²) in [6.45, 7) is 3.25. The maximum Gasteiger partial charge on any atom is 0.305 e. The largest absolute Gasteiger partial charge is 0.481 e. The molecule has 0 rings (SSSR count). The molecule has 0 heterocycles. The molecule has 0 saturated carbocycles. The molecule has 0 aliphatic carbocycles. The summed E-state index contributed by atoms with van der Waals surface area (Å²) in [6, 6.07) is 0. The van der Waals surface area contributed by atoms with Crippen LogP contribution in [0.1, 0.15) is 150 Å². The second kappa shape index (κ2) is 39.9. The van der Waals surface area contributed by atoms with E-state index in [1.54, 1.807) is 0 Å². The molecule has 0 aromatic heterocycles. The van der Waals surface area contributed by atoms with Crippen LogP contribution in [0.15, 0.2) is 0 Å². The fourth-order valence-electron chi connectivity index (χ4n) is 3.54. The number of carboxylic acid groups (broad SMARTS) is 1. The van der Waals surface area contributed by atoms with Gasteiger partial charge in [-0.15, -0.1) is 0 Å². The molecular weight excluding hydrogens is 516 g/mol. The predicted molar refractivity (Wildman–Crippen MR) is 162 cm³/mol. The van der Waals surface area contributed by atoms with Crippen molar-refractivity contribution in [3.8, 4) is 0 Å². The van der Waals surface area contributed by atoms with Gasteiger partial charge in [-0.1, -0.05) is 124 Å². The van der Waals surface area contributed by atoms with Crippen molar-refractivity contribution in [3.05, 3.63) is 0 Å². The van der Waals surface area contributed by atoms with Crippen molar-refractivity contribution in [2.24, 2.45) is 0 Å². The Balaban J connectivity index is -0.000000271. The minimum Gasteiger partial charge on any atom is -0.481 e. The van der Waals surface area contributed by atoms with Gasteiger partial charge in [-0.2, -0.15) is 0 Å². The van der Waals surface area contributed by atoms with Gasteiger partial charge >= 0.3 is 11.9 Å². The number of hydrogen-bond acceptors (Lipinski definition) is 8. The number of rotatable bonds is 25. The number of ether oxygens (including phenoxy) is 1. The van der Waals surface area contributed by atoms with Crippen molar-refractivity contribution in [1.82, 2.24) is 0 Å². The second-order valence-corrected chi connectivity index (χ2v) is 10.1. The van der Waals surface area contributed by atoms with Gasteiger partial charge in [-0.3, -0.25) is 9.59 Å². The van der Waals surface area contributed by atoms with Crippen LogP contribution in [-0.2, 0) is 14.3 Å². The molecule has 0 radical (unpaired) electrons. The molecule has 0 fully saturated rings. The summed E-state index contributed by atoms with van der Waals surface area (Å²) in [4.78, 5) is 21.5. The molecule has 0 aromatic carbocycles. The number of esters is 1. The lowest BCUT2D eigenvalue weighted by atomic mass is 10.1. The molecule has 40 heavy (non-hydrogen) atoms. The quantitative estimate of drug-likeness (QED) is 0.0579. The first-order valence-corrected chi connectivity index (χ1v) is 15.3. The molecule has 1 atom stereocenters. The highest BCUT2D eigenvalue weighted by atomic mass is 16.5. The molecule has 0 spiro atoms. The van der Waals surface area contributed by atoms with E-state index in [9.17, 15) is 9.59 Å². The van der Waals surface area contributed by atoms with Crippen LogP contribution in [0.3, 0.4) is 0 Å². The van der Waals surface area contributed by atoms with Crippen LogP contribution in [0.5, 0.6) is 0 Å². The fraction of sp³-hybridized carbons (Fsp3) is 0.935. The zero-order valence-corrected chi connectivity index (χ0v) is 25.0. The molecule has 244 valence electrons. The first kappa shape index (κ1) is 45.7. The Morgan fingerprint density at radius 2 is 0.875 bits per heavy atom. The average molecular weight is 583 g/mol. The van der Waals surface area contributed by atoms with Crippen LogP contribution in [0, 0.1) is 0 Å². The summed E-state index contributed by atoms with van der Waals surface area (Å²) in [5.74, 6) is -0.941. The third-order valence-corrected chi connectivity index (χ3v) is 6.05. The van der Waals surface area contributed by atoms with E-state index >= 15 is 0 Å². The molecule has 0 aliphatic heterocycles. The van der Waals surface area contributed by atoms with Crippen molar-refractivity contribution >= 4 is 11.9 Å². The Morgan fingerprint density at radius 1 is 0.550 bits per heavy atom. The molecule has 0 saturated heterocycles. The van der Waals surface area contributed by atoms with E-state index in [1.807, 2.05) is 0 Å². The monoisotopic (exact) mass is 582 g/mol. The van der Waals surface area contributed by atoms with E-state index in [2.05, 4.69) is 13.8 Å². The summed E-state index contributed by atoms with van der Waals surface area (Å²) in [5.41, 5.74) is 0. The van der Waals surface area contributed by atoms with Gasteiger partial charge < -0.3 is 35.4 Å². The number of unbranched alkanes of at least 4 members (excludes halogenated alkanes) is 16. The van der Waals surface area contributed by atoms with Crippen molar-refractivity contribution in [1.29, 1.82) is 0 Å². The van der Waals surface area contributed by atoms with Gasteiger partial charge in [0.25, 0.3) is 0 Å². The molecule has 0 amide bonds. The van der Waals surface area contributed by atoms with Gasteiger partial charge in [0, 0.05) is 12.8 Å². The Labute approximate surface area is 245 Å². The Hall–Kier alpha value is -1.26. The Bertz CT molecular complexity index is 485. The van der Waals surface area contributed by atoms with Gasteiger partial charge in [0.1, 0.15) is 18.8 Å². The highest BCUT2D eigenvalue weighted by Crippen LogP contribution is 2.11. The third kappa shape index (κ3) is 46.6. The lowest BCUT2D eigenvalue weighted by Gasteiger charge is -2.08. The lowest BCUT2D eigenvalue weighted by Crippen LogP contribution is -2.21. The first-order chi connectivity index (χ1) is 18.8. The van der Waals surface area contributed by atoms with Crippen LogP contribution in [0.2, 0.25) is 0 Å². The van der Waals surface area contributed by atoms with Crippen LogP contribution in [0.4, 0.5) is 0 Å². The maximum atomic E-state index is 11.3. The fourth-order valence-corrected chi connectivity index (χ4v) is 3.54. The Kier molecular flexibility index (Phi) is 45.6. The first-order valence-electron chi connectivity index (χ1n) is 15.3. The maximum absolute atomic E-state index is 11.3. The van der Waals surface area contributed by atoms with Gasteiger partial charge in [-0.05, 0) is 12.8 Å². The number of aliphatic carboxylic acids is 1. The van der Waals surface area contributed by atoms with Crippen molar-refractivity contribution < 1.29 is 45.0 Å². The average Bonchev–Trinajstić information content (AvgIpc) is 2.94. The standard InChI is InChI=1S/C15H30O4.C12H24O2.C3H8O3.CH4/c1-2-3-4-5-6-7-8-9-10-11-15(18)19-13-14(17)12-16;1-2-3-4-5-6-7-8-9-10-11-12(13)14;4-1-3(6)2-5;/h14,16-17H,2-13H2,1H3;2-11H2,1H3,(H,13,14);3-6H,1-2H2;1H4. The van der Waals surface area contributed by atoms with E-state index in [1.165, 1.54) is 89.9 Å². The number of aliphatic hydroxyl groups excluding tert-OH is 5. The molecule has 0 aromatic rings. The normalized spacial score (nSPS) is 11.0. The minimum atomic E-state index is -0.954. The van der Waals surface area contributed by atoms with Crippen LogP contribution >= 0.6 is 0 Å². The number of hydrogen-bond donors (Lipinski definition) is 6. The van der Waals surface area contributed by atoms with Gasteiger partial charge in [0.05, 0.1) is 19.8 Å². The van der Waals surface area contributed by atoms with E-state index in [-0.39, 0.29) is 39.8 Å². The molecule has 0 bridgehead atoms. The number of carbonyl (C=O) groups is 2. The van der Waals surface area contributed by atoms with E-state index in [0.29, 0.717) is 12.8 Å². The molecular formula is C31H66O9. The summed E-state index contributed by atoms with van der Waals surface area (Å²) in [7, 11) is 0. The van der Waals surface area contributed by atoms with Crippen molar-refractivity contribution in [3.63, 3.8) is 0 Å². The lowest BCUT2D eigenvalue weighted by molar-refractivity contribution is -0.147. The number of carboxylic acids is 1. The summed E-state index contributed by atoms with van der Waals surface area (Å²) >= 11 is 0. The minimum absolute atomic E-state index is 0. The number of carbonyl (C=O) groups excluding carboxylic acids is 1. The molecule has 6 N–H and O–H groups in total. The zero-order chi connectivity index (χ0) is 30.0. The predicted octanol–water partition coefficient (Wildman–Crippen LogP) is 5.76. The second-order valence-electron chi connectivity index (χ2n) is 10.1. The third-order valence-electron chi connectivity index (χ3n) is 6.05. The van der Waals surface area contributed by atoms with Gasteiger partial charge in [-0.25, -0.2) is 0 Å². The summed E-state index contributed by atoms with van der Waals surface area (Å²) in [6.07, 6.45) is 20.9. The summed E-state index contributed by atoms with van der Waals surface area (Å²) in [5, 5.41) is 50.0. The Morgan fingerprint density at radius 3 is 1.18 bits per heavy atom. The van der Waals surface area contributed by atoms with Crippen molar-refractivity contribution in [2.45, 2.75) is 162 Å². The molecule has 0 aliphatic rings. The number of aliphatic hydroxyl groups is 5. The SMILES string of the molecule is C.CCCCCCCCCCCC(=O)O.CCCCCCCCCCCC(=O)OCC(O)CO.OCC(O)CO. The van der Waals surface area contributed by atoms with E-state index in [0.717, 1.165) is 25.7 Å². The van der Waals surface area contributed by atoms with E-state index < -0.39 is 18.2 Å². The van der Waals surface area contributed by atoms with Crippen LogP contribution < -0.4 is 0 Å². The highest BCUT2D eigenvalue weighted by molar-refractivity contribution is 5.69. The molecule has 9 nitrogen and oxygen atoms in total.